The van der Waals surface area contributed by atoms with Gasteiger partial charge in [-0.1, -0.05) is 38.3 Å². The molecule has 0 aliphatic rings. The fraction of sp³-hybridized carbons (Fsp3) is 0.364. The Kier molecular flexibility index (Phi) is 9.42. The van der Waals surface area contributed by atoms with E-state index in [4.69, 9.17) is 26.6 Å². The third-order valence-corrected chi connectivity index (χ3v) is 6.51. The zero-order chi connectivity index (χ0) is 29.0. The van der Waals surface area contributed by atoms with E-state index >= 15 is 0 Å². The van der Waals surface area contributed by atoms with Crippen molar-refractivity contribution in [1.29, 1.82) is 0 Å². The number of H-pyrrole nitrogens is 1. The lowest BCUT2D eigenvalue weighted by Gasteiger charge is -2.28. The summed E-state index contributed by atoms with van der Waals surface area (Å²) in [5.41, 5.74) is 0.814. The van der Waals surface area contributed by atoms with E-state index in [1.807, 2.05) is 0 Å². The number of nitrogens with one attached hydrogen (secondary N) is 2. The maximum Gasteiger partial charge on any atom is 0.414 e. The van der Waals surface area contributed by atoms with Gasteiger partial charge in [0.15, 0.2) is 11.0 Å². The van der Waals surface area contributed by atoms with Gasteiger partial charge in [0.2, 0.25) is 11.7 Å². The Labute approximate surface area is 229 Å². The predicted octanol–water partition coefficient (Wildman–Crippen LogP) is 2.08. The van der Waals surface area contributed by atoms with Crippen LogP contribution < -0.4 is 14.2 Å². The fourth-order valence-electron chi connectivity index (χ4n) is 3.00. The van der Waals surface area contributed by atoms with E-state index in [1.165, 1.54) is 43.2 Å². The average molecular weight is 588 g/mol. The highest BCUT2D eigenvalue weighted by molar-refractivity contribution is 7.86. The molecule has 0 spiro atoms. The van der Waals surface area contributed by atoms with Crippen LogP contribution in [0.4, 0.5) is 10.3 Å². The van der Waals surface area contributed by atoms with Crippen molar-refractivity contribution in [3.05, 3.63) is 41.4 Å². The van der Waals surface area contributed by atoms with Gasteiger partial charge in [-0.2, -0.15) is 19.6 Å². The second-order valence-electron chi connectivity index (χ2n) is 7.93. The summed E-state index contributed by atoms with van der Waals surface area (Å²) in [6.45, 7) is 5.65. The number of halogens is 2. The van der Waals surface area contributed by atoms with Gasteiger partial charge in [-0.05, 0) is 19.1 Å². The van der Waals surface area contributed by atoms with Gasteiger partial charge in [0.05, 0.1) is 40.6 Å². The number of methoxy groups -OCH3 is 1. The predicted molar refractivity (Wildman–Crippen MR) is 138 cm³/mol. The second kappa shape index (κ2) is 12.2. The number of aromatic amines is 1. The summed E-state index contributed by atoms with van der Waals surface area (Å²) >= 11 is 6.30. The van der Waals surface area contributed by atoms with Gasteiger partial charge in [0, 0.05) is 11.6 Å². The number of alkyl halides is 1. The van der Waals surface area contributed by atoms with E-state index in [-0.39, 0.29) is 11.6 Å². The van der Waals surface area contributed by atoms with Crippen LogP contribution in [-0.4, -0.2) is 73.7 Å². The van der Waals surface area contributed by atoms with Crippen molar-refractivity contribution in [2.75, 3.05) is 11.8 Å². The van der Waals surface area contributed by atoms with Gasteiger partial charge < -0.3 is 34.9 Å². The number of hydrogen-bond acceptors (Lipinski definition) is 11. The lowest BCUT2D eigenvalue weighted by Crippen LogP contribution is -2.55. The third-order valence-electron chi connectivity index (χ3n) is 5.10. The van der Waals surface area contributed by atoms with Crippen LogP contribution in [0.3, 0.4) is 0 Å². The van der Waals surface area contributed by atoms with Crippen molar-refractivity contribution in [1.82, 2.24) is 29.9 Å². The molecule has 0 aliphatic heterocycles. The molecule has 3 heterocycles. The number of benzene rings is 1. The molecule has 0 saturated heterocycles. The van der Waals surface area contributed by atoms with Crippen molar-refractivity contribution >= 4 is 39.4 Å². The standard InChI is InChI=1S/C18H17ClFN7O7S.C4H10/c1-8-14(34-18(30,31)17(20,28)29)15(33-2)25-16(24-8)26-35(32)11-7-21-12-9(11)3-4-10(19)13(12)27-22-5-6-23-27;1-3-4-2/h3-7,21,28-31H,1-2H3,(H,24,25,26);3-4H2,1-2H3. The fourth-order valence-corrected chi connectivity index (χ4v) is 4.13. The Hall–Kier alpha value is -3.41. The van der Waals surface area contributed by atoms with Crippen LogP contribution >= 0.6 is 11.6 Å². The number of anilines is 1. The van der Waals surface area contributed by atoms with Crippen LogP contribution in [0.15, 0.2) is 35.6 Å². The maximum absolute atomic E-state index is 13.2. The van der Waals surface area contributed by atoms with Crippen LogP contribution in [0.1, 0.15) is 32.4 Å². The summed E-state index contributed by atoms with van der Waals surface area (Å²) < 4.78 is 38.4. The number of aliphatic hydroxyl groups is 4. The molecular weight excluding hydrogens is 561 g/mol. The maximum atomic E-state index is 13.2. The first kappa shape index (κ1) is 30.1. The van der Waals surface area contributed by atoms with Crippen LogP contribution in [0, 0.1) is 6.92 Å². The number of fused-ring (bicyclic) bond motifs is 1. The number of unbranched alkanes of at least 4 members (excludes halogenated alkanes) is 1. The van der Waals surface area contributed by atoms with Crippen molar-refractivity contribution in [2.24, 2.45) is 0 Å². The Morgan fingerprint density at radius 1 is 1.15 bits per heavy atom. The third kappa shape index (κ3) is 6.60. The SMILES string of the molecule is CCCC.COc1nc(NS(=O)c2c[nH]c3c(-n4nccn4)c(Cl)ccc23)nc(C)c1OC(O)(O)C(O)(O)F. The molecule has 1 aromatic carbocycles. The molecule has 1 atom stereocenters. The van der Waals surface area contributed by atoms with Crippen molar-refractivity contribution < 1.29 is 38.5 Å². The second-order valence-corrected chi connectivity index (χ2v) is 9.52. The van der Waals surface area contributed by atoms with Crippen LogP contribution in [0.2, 0.25) is 5.02 Å². The molecule has 14 nitrogen and oxygen atoms in total. The molecule has 3 aromatic heterocycles. The smallest absolute Gasteiger partial charge is 0.414 e. The van der Waals surface area contributed by atoms with E-state index in [1.54, 1.807) is 12.1 Å². The number of aryl methyl sites for hydroxylation is 1. The molecule has 1 unspecified atom stereocenters. The highest BCUT2D eigenvalue weighted by atomic mass is 35.5. The van der Waals surface area contributed by atoms with Gasteiger partial charge in [0.1, 0.15) is 5.69 Å². The molecule has 4 rings (SSSR count). The minimum absolute atomic E-state index is 0.147. The van der Waals surface area contributed by atoms with Gasteiger partial charge in [-0.25, -0.2) is 9.19 Å². The van der Waals surface area contributed by atoms with E-state index < -0.39 is 34.6 Å². The molecule has 0 bridgehead atoms. The van der Waals surface area contributed by atoms with E-state index in [2.05, 4.69) is 48.5 Å². The van der Waals surface area contributed by atoms with Crippen LogP contribution in [0.5, 0.6) is 11.6 Å². The van der Waals surface area contributed by atoms with Gasteiger partial charge in [-0.15, -0.1) is 4.80 Å². The summed E-state index contributed by atoms with van der Waals surface area (Å²) in [5.74, 6) is -5.37. The summed E-state index contributed by atoms with van der Waals surface area (Å²) in [7, 11) is -0.807. The molecule has 0 amide bonds. The Morgan fingerprint density at radius 2 is 1.79 bits per heavy atom. The molecular formula is C22H27ClFN7O7S. The first-order valence-corrected chi connectivity index (χ1v) is 12.9. The van der Waals surface area contributed by atoms with E-state index in [9.17, 15) is 18.8 Å². The highest BCUT2D eigenvalue weighted by Gasteiger charge is 2.53. The van der Waals surface area contributed by atoms with Crippen molar-refractivity contribution in [3.63, 3.8) is 0 Å². The lowest BCUT2D eigenvalue weighted by molar-refractivity contribution is -0.477. The number of nitrogens with zero attached hydrogens (tertiary/aromatic N) is 5. The Morgan fingerprint density at radius 3 is 2.36 bits per heavy atom. The molecule has 39 heavy (non-hydrogen) atoms. The van der Waals surface area contributed by atoms with Gasteiger partial charge >= 0.3 is 12.0 Å². The molecule has 212 valence electrons. The Balaban J connectivity index is 0.000000983. The normalized spacial score (nSPS) is 12.6. The number of rotatable bonds is 9. The monoisotopic (exact) mass is 587 g/mol. The molecule has 0 aliphatic carbocycles. The Bertz CT molecular complexity index is 1440. The summed E-state index contributed by atoms with van der Waals surface area (Å²) in [6, 6.07) is -1.30. The molecule has 4 aromatic rings. The highest BCUT2D eigenvalue weighted by Crippen LogP contribution is 2.35. The van der Waals surface area contributed by atoms with Crippen molar-refractivity contribution in [2.45, 2.75) is 50.5 Å². The summed E-state index contributed by atoms with van der Waals surface area (Å²) in [6.07, 6.45) is 7.07. The summed E-state index contributed by atoms with van der Waals surface area (Å²) in [4.78, 5) is 12.5. The van der Waals surface area contributed by atoms with E-state index in [0.29, 0.717) is 26.5 Å². The minimum atomic E-state index is -4.54. The molecule has 17 heteroatoms. The molecule has 0 radical (unpaired) electrons. The number of aromatic nitrogens is 6. The minimum Gasteiger partial charge on any atom is -0.478 e. The van der Waals surface area contributed by atoms with Crippen LogP contribution in [-0.2, 0) is 11.0 Å². The zero-order valence-corrected chi connectivity index (χ0v) is 22.8. The number of hydrogen-bond donors (Lipinski definition) is 6. The van der Waals surface area contributed by atoms with Crippen LogP contribution in [0.25, 0.3) is 16.6 Å². The zero-order valence-electron chi connectivity index (χ0n) is 21.2. The first-order valence-electron chi connectivity index (χ1n) is 11.4. The quantitative estimate of drug-likeness (QED) is 0.157. The molecule has 0 saturated carbocycles. The first-order chi connectivity index (χ1) is 18.3. The van der Waals surface area contributed by atoms with Gasteiger partial charge in [-0.3, -0.25) is 4.72 Å². The molecule has 0 fully saturated rings. The molecule has 6 N–H and O–H groups in total. The lowest BCUT2D eigenvalue weighted by atomic mass is 10.2. The topological polar surface area (TPSA) is 201 Å². The van der Waals surface area contributed by atoms with E-state index in [0.717, 1.165) is 7.11 Å². The van der Waals surface area contributed by atoms with Crippen molar-refractivity contribution in [3.8, 4) is 17.3 Å². The van der Waals surface area contributed by atoms with Gasteiger partial charge in [0.25, 0.3) is 5.88 Å². The number of ether oxygens (including phenoxy) is 2. The average Bonchev–Trinajstić information content (AvgIpc) is 3.55. The summed E-state index contributed by atoms with van der Waals surface area (Å²) in [5, 5.41) is 45.6. The largest absolute Gasteiger partial charge is 0.478 e.